The zero-order valence-corrected chi connectivity index (χ0v) is 14.6. The molecular weight excluding hydrogens is 302 g/mol. The molecule has 2 aliphatic rings. The van der Waals surface area contributed by atoms with Crippen molar-refractivity contribution in [1.29, 1.82) is 0 Å². The molecule has 6 heteroatoms. The summed E-state index contributed by atoms with van der Waals surface area (Å²) in [6, 6.07) is 4.44. The van der Waals surface area contributed by atoms with Gasteiger partial charge in [0.05, 0.1) is 5.56 Å². The Labute approximate surface area is 144 Å². The zero-order valence-electron chi connectivity index (χ0n) is 14.6. The lowest BCUT2D eigenvalue weighted by Gasteiger charge is -2.32. The Balaban J connectivity index is 1.46. The maximum atomic E-state index is 12.3. The Kier molecular flexibility index (Phi) is 6.04. The number of nitrogens with one attached hydrogen (secondary N) is 2. The van der Waals surface area contributed by atoms with Crippen molar-refractivity contribution in [3.05, 3.63) is 23.9 Å². The zero-order chi connectivity index (χ0) is 16.8. The monoisotopic (exact) mass is 331 g/mol. The molecule has 2 fully saturated rings. The molecule has 0 spiro atoms. The van der Waals surface area contributed by atoms with Crippen molar-refractivity contribution in [2.24, 2.45) is 0 Å². The molecule has 2 N–H and O–H groups in total. The van der Waals surface area contributed by atoms with Crippen LogP contribution in [0.2, 0.25) is 0 Å². The van der Waals surface area contributed by atoms with E-state index >= 15 is 0 Å². The second-order valence-corrected chi connectivity index (χ2v) is 6.82. The van der Waals surface area contributed by atoms with Crippen LogP contribution in [0.5, 0.6) is 0 Å². The molecule has 0 aliphatic carbocycles. The lowest BCUT2D eigenvalue weighted by molar-refractivity contribution is 0.0945. The average molecular weight is 331 g/mol. The number of hydrogen-bond donors (Lipinski definition) is 2. The number of hydrogen-bond acceptors (Lipinski definition) is 5. The van der Waals surface area contributed by atoms with Crippen molar-refractivity contribution in [3.63, 3.8) is 0 Å². The molecule has 1 unspecified atom stereocenters. The lowest BCUT2D eigenvalue weighted by Crippen LogP contribution is -2.43. The molecule has 0 aromatic carbocycles. The van der Waals surface area contributed by atoms with Gasteiger partial charge in [0.15, 0.2) is 0 Å². The van der Waals surface area contributed by atoms with E-state index < -0.39 is 0 Å². The fraction of sp³-hybridized carbons (Fsp3) is 0.667. The number of piperazine rings is 1. The number of carbonyl (C=O) groups excluding carboxylic acids is 1. The normalized spacial score (nSPS) is 22.4. The van der Waals surface area contributed by atoms with Crippen LogP contribution >= 0.6 is 0 Å². The number of aromatic nitrogens is 1. The summed E-state index contributed by atoms with van der Waals surface area (Å²) in [7, 11) is 2.18. The molecule has 1 aromatic rings. The number of rotatable bonds is 5. The van der Waals surface area contributed by atoms with Gasteiger partial charge in [0, 0.05) is 45.0 Å². The van der Waals surface area contributed by atoms with Crippen molar-refractivity contribution in [2.75, 3.05) is 51.2 Å². The molecule has 132 valence electrons. The Morgan fingerprint density at radius 1 is 1.29 bits per heavy atom. The molecule has 1 amide bonds. The summed E-state index contributed by atoms with van der Waals surface area (Å²) >= 11 is 0. The van der Waals surface area contributed by atoms with Gasteiger partial charge in [-0.3, -0.25) is 4.79 Å². The highest BCUT2D eigenvalue weighted by molar-refractivity contribution is 5.94. The Morgan fingerprint density at radius 3 is 2.83 bits per heavy atom. The summed E-state index contributed by atoms with van der Waals surface area (Å²) in [5.74, 6) is 0.935. The number of likely N-dealkylation sites (tertiary alicyclic amines) is 1. The van der Waals surface area contributed by atoms with Crippen molar-refractivity contribution in [3.8, 4) is 0 Å². The number of amides is 1. The molecule has 1 aromatic heterocycles. The van der Waals surface area contributed by atoms with Crippen LogP contribution in [0.25, 0.3) is 0 Å². The summed E-state index contributed by atoms with van der Waals surface area (Å²) in [4.78, 5) is 21.4. The van der Waals surface area contributed by atoms with E-state index in [1.54, 1.807) is 6.20 Å². The van der Waals surface area contributed by atoms with Gasteiger partial charge in [-0.25, -0.2) is 4.98 Å². The fourth-order valence-corrected chi connectivity index (χ4v) is 3.56. The van der Waals surface area contributed by atoms with Gasteiger partial charge in [0.2, 0.25) is 0 Å². The van der Waals surface area contributed by atoms with E-state index in [-0.39, 0.29) is 5.91 Å². The molecular formula is C18H29N5O. The fourth-order valence-electron chi connectivity index (χ4n) is 3.56. The Bertz CT molecular complexity index is 527. The first kappa shape index (κ1) is 17.2. The Morgan fingerprint density at radius 2 is 2.12 bits per heavy atom. The van der Waals surface area contributed by atoms with Crippen LogP contribution in [-0.4, -0.2) is 68.1 Å². The summed E-state index contributed by atoms with van der Waals surface area (Å²) in [6.07, 6.45) is 6.56. The van der Waals surface area contributed by atoms with Crippen LogP contribution in [0.1, 0.15) is 36.0 Å². The number of nitrogens with zero attached hydrogens (tertiary/aromatic N) is 3. The van der Waals surface area contributed by atoms with Crippen LogP contribution in [0.4, 0.5) is 5.82 Å². The summed E-state index contributed by atoms with van der Waals surface area (Å²) in [5.41, 5.74) is 0.644. The smallest absolute Gasteiger partial charge is 0.252 e. The maximum absolute atomic E-state index is 12.3. The third kappa shape index (κ3) is 4.45. The maximum Gasteiger partial charge on any atom is 0.252 e. The molecule has 3 rings (SSSR count). The van der Waals surface area contributed by atoms with Crippen molar-refractivity contribution >= 4 is 11.7 Å². The number of anilines is 1. The average Bonchev–Trinajstić information content (AvgIpc) is 2.64. The molecule has 6 nitrogen and oxygen atoms in total. The first-order chi connectivity index (χ1) is 11.7. The molecule has 24 heavy (non-hydrogen) atoms. The van der Waals surface area contributed by atoms with E-state index in [4.69, 9.17) is 0 Å². The molecule has 3 heterocycles. The first-order valence-electron chi connectivity index (χ1n) is 9.14. The van der Waals surface area contributed by atoms with Crippen LogP contribution in [0, 0.1) is 0 Å². The minimum absolute atomic E-state index is 0.0205. The number of carbonyl (C=O) groups is 1. The highest BCUT2D eigenvalue weighted by Crippen LogP contribution is 2.17. The van der Waals surface area contributed by atoms with Crippen molar-refractivity contribution < 1.29 is 4.79 Å². The van der Waals surface area contributed by atoms with Gasteiger partial charge in [-0.1, -0.05) is 6.42 Å². The van der Waals surface area contributed by atoms with Gasteiger partial charge in [0.25, 0.3) is 5.91 Å². The SMILES string of the molecule is CN1CCCCC1CCNC(=O)c1ccc(N2CCNCC2)nc1. The second kappa shape index (κ2) is 8.44. The van der Waals surface area contributed by atoms with Gasteiger partial charge < -0.3 is 20.4 Å². The van der Waals surface area contributed by atoms with Crippen molar-refractivity contribution in [1.82, 2.24) is 20.5 Å². The predicted molar refractivity (Wildman–Crippen MR) is 96.5 cm³/mol. The van der Waals surface area contributed by atoms with E-state index in [9.17, 15) is 4.79 Å². The second-order valence-electron chi connectivity index (χ2n) is 6.82. The van der Waals surface area contributed by atoms with Crippen molar-refractivity contribution in [2.45, 2.75) is 31.7 Å². The molecule has 2 aliphatic heterocycles. The van der Waals surface area contributed by atoms with Gasteiger partial charge in [-0.05, 0) is 45.0 Å². The summed E-state index contributed by atoms with van der Waals surface area (Å²) in [6.45, 7) is 5.81. The van der Waals surface area contributed by atoms with E-state index in [0.717, 1.165) is 45.0 Å². The topological polar surface area (TPSA) is 60.5 Å². The van der Waals surface area contributed by atoms with Crippen LogP contribution in [-0.2, 0) is 0 Å². The summed E-state index contributed by atoms with van der Waals surface area (Å²) < 4.78 is 0. The highest BCUT2D eigenvalue weighted by Gasteiger charge is 2.18. The quantitative estimate of drug-likeness (QED) is 0.846. The van der Waals surface area contributed by atoms with Gasteiger partial charge in [-0.2, -0.15) is 0 Å². The third-order valence-electron chi connectivity index (χ3n) is 5.14. The minimum atomic E-state index is -0.0205. The molecule has 0 radical (unpaired) electrons. The van der Waals surface area contributed by atoms with Gasteiger partial charge in [-0.15, -0.1) is 0 Å². The Hall–Kier alpha value is -1.66. The van der Waals surface area contributed by atoms with E-state index in [1.807, 2.05) is 12.1 Å². The molecule has 2 saturated heterocycles. The number of pyridine rings is 1. The van der Waals surface area contributed by atoms with E-state index in [1.165, 1.54) is 25.8 Å². The van der Waals surface area contributed by atoms with Crippen LogP contribution in [0.3, 0.4) is 0 Å². The first-order valence-corrected chi connectivity index (χ1v) is 9.14. The van der Waals surface area contributed by atoms with Crippen LogP contribution < -0.4 is 15.5 Å². The highest BCUT2D eigenvalue weighted by atomic mass is 16.1. The molecule has 1 atom stereocenters. The predicted octanol–water partition coefficient (Wildman–Crippen LogP) is 1.10. The van der Waals surface area contributed by atoms with Crippen LogP contribution in [0.15, 0.2) is 18.3 Å². The standard InChI is InChI=1S/C18H29N5O/c1-22-11-3-2-4-16(22)7-8-20-18(24)15-5-6-17(21-14-15)23-12-9-19-10-13-23/h5-6,14,16,19H,2-4,7-13H2,1H3,(H,20,24). The third-order valence-corrected chi connectivity index (χ3v) is 5.14. The van der Waals surface area contributed by atoms with Gasteiger partial charge >= 0.3 is 0 Å². The van der Waals surface area contributed by atoms with E-state index in [2.05, 4.69) is 32.5 Å². The number of piperidine rings is 1. The molecule has 0 saturated carbocycles. The summed E-state index contributed by atoms with van der Waals surface area (Å²) in [5, 5.41) is 6.37. The van der Waals surface area contributed by atoms with E-state index in [0.29, 0.717) is 11.6 Å². The molecule has 0 bridgehead atoms. The lowest BCUT2D eigenvalue weighted by atomic mass is 10.0. The largest absolute Gasteiger partial charge is 0.354 e. The minimum Gasteiger partial charge on any atom is -0.354 e. The van der Waals surface area contributed by atoms with Gasteiger partial charge in [0.1, 0.15) is 5.82 Å².